The SMILES string of the molecule is CCCCOP(=O)(CCCCC1(c2nccn2C)c2ccccc2-c2ccccc21)OCCCC. The maximum absolute atomic E-state index is 13.5. The predicted molar refractivity (Wildman–Crippen MR) is 143 cm³/mol. The van der Waals surface area contributed by atoms with E-state index in [4.69, 9.17) is 14.0 Å². The van der Waals surface area contributed by atoms with Crippen molar-refractivity contribution >= 4 is 7.60 Å². The van der Waals surface area contributed by atoms with Crippen LogP contribution in [0.25, 0.3) is 11.1 Å². The largest absolute Gasteiger partial charge is 0.337 e. The molecular weight excluding hydrogens is 455 g/mol. The molecule has 0 spiro atoms. The molecule has 0 bridgehead atoms. The van der Waals surface area contributed by atoms with Crippen molar-refractivity contribution in [2.75, 3.05) is 19.4 Å². The smallest absolute Gasteiger partial charge is 0.330 e. The molecule has 3 aromatic rings. The number of aryl methyl sites for hydroxylation is 1. The zero-order valence-corrected chi connectivity index (χ0v) is 22.3. The zero-order chi connectivity index (χ0) is 24.7. The summed E-state index contributed by atoms with van der Waals surface area (Å²) in [5.74, 6) is 1.05. The van der Waals surface area contributed by atoms with Gasteiger partial charge in [-0.15, -0.1) is 0 Å². The van der Waals surface area contributed by atoms with Crippen LogP contribution in [0, 0.1) is 0 Å². The van der Waals surface area contributed by atoms with E-state index in [0.717, 1.165) is 50.8 Å². The topological polar surface area (TPSA) is 53.3 Å². The lowest BCUT2D eigenvalue weighted by atomic mass is 9.73. The minimum Gasteiger partial charge on any atom is -0.337 e. The van der Waals surface area contributed by atoms with Gasteiger partial charge in [-0.05, 0) is 47.9 Å². The summed E-state index contributed by atoms with van der Waals surface area (Å²) in [5, 5.41) is 0. The molecule has 0 fully saturated rings. The first-order chi connectivity index (χ1) is 17.1. The highest BCUT2D eigenvalue weighted by Gasteiger charge is 2.46. The molecule has 0 saturated carbocycles. The third kappa shape index (κ3) is 5.33. The van der Waals surface area contributed by atoms with E-state index in [2.05, 4.69) is 74.0 Å². The van der Waals surface area contributed by atoms with Crippen LogP contribution >= 0.6 is 7.60 Å². The Labute approximate surface area is 210 Å². The Kier molecular flexibility index (Phi) is 8.64. The first-order valence-corrected chi connectivity index (χ1v) is 14.8. The second-order valence-electron chi connectivity index (χ2n) is 9.52. The summed E-state index contributed by atoms with van der Waals surface area (Å²) >= 11 is 0. The Morgan fingerprint density at radius 3 is 1.94 bits per heavy atom. The number of imidazole rings is 1. The monoisotopic (exact) mass is 494 g/mol. The van der Waals surface area contributed by atoms with E-state index < -0.39 is 7.60 Å². The lowest BCUT2D eigenvalue weighted by Gasteiger charge is -2.32. The lowest BCUT2D eigenvalue weighted by Crippen LogP contribution is -2.30. The van der Waals surface area contributed by atoms with Crippen molar-refractivity contribution in [2.45, 2.75) is 64.2 Å². The second-order valence-corrected chi connectivity index (χ2v) is 11.7. The van der Waals surface area contributed by atoms with Crippen molar-refractivity contribution in [1.29, 1.82) is 0 Å². The average Bonchev–Trinajstić information content (AvgIpc) is 3.42. The Morgan fingerprint density at radius 1 is 0.857 bits per heavy atom. The molecule has 1 aliphatic rings. The first-order valence-electron chi connectivity index (χ1n) is 13.1. The second kappa shape index (κ2) is 11.7. The van der Waals surface area contributed by atoms with Crippen LogP contribution in [0.5, 0.6) is 0 Å². The van der Waals surface area contributed by atoms with E-state index >= 15 is 0 Å². The fourth-order valence-electron chi connectivity index (χ4n) is 5.28. The molecule has 0 amide bonds. The number of rotatable bonds is 14. The van der Waals surface area contributed by atoms with Gasteiger partial charge in [0.15, 0.2) is 0 Å². The molecule has 6 heteroatoms. The Morgan fingerprint density at radius 2 is 1.43 bits per heavy atom. The molecule has 188 valence electrons. The van der Waals surface area contributed by atoms with Gasteiger partial charge >= 0.3 is 7.60 Å². The molecule has 0 saturated heterocycles. The van der Waals surface area contributed by atoms with Crippen LogP contribution in [0.1, 0.15) is 75.7 Å². The molecule has 0 N–H and O–H groups in total. The molecule has 2 aromatic carbocycles. The number of hydrogen-bond donors (Lipinski definition) is 0. The molecule has 1 heterocycles. The lowest BCUT2D eigenvalue weighted by molar-refractivity contribution is 0.199. The number of nitrogens with zero attached hydrogens (tertiary/aromatic N) is 2. The van der Waals surface area contributed by atoms with Gasteiger partial charge in [0.05, 0.1) is 24.8 Å². The van der Waals surface area contributed by atoms with Gasteiger partial charge in [0.2, 0.25) is 0 Å². The molecule has 0 unspecified atom stereocenters. The molecule has 4 rings (SSSR count). The highest BCUT2D eigenvalue weighted by molar-refractivity contribution is 7.53. The van der Waals surface area contributed by atoms with E-state index in [1.807, 2.05) is 12.4 Å². The van der Waals surface area contributed by atoms with Crippen LogP contribution in [0.15, 0.2) is 60.9 Å². The molecular formula is C29H39N2O3P. The van der Waals surface area contributed by atoms with Gasteiger partial charge in [0.1, 0.15) is 5.82 Å². The quantitative estimate of drug-likeness (QED) is 0.170. The predicted octanol–water partition coefficient (Wildman–Crippen LogP) is 7.73. The highest BCUT2D eigenvalue weighted by Crippen LogP contribution is 2.55. The van der Waals surface area contributed by atoms with Crippen LogP contribution in [-0.2, 0) is 26.1 Å². The van der Waals surface area contributed by atoms with E-state index in [-0.39, 0.29) is 5.41 Å². The number of hydrogen-bond acceptors (Lipinski definition) is 4. The standard InChI is InChI=1S/C29H39N2O3P/c1-4-6-21-33-35(32,34-22-7-5-2)23-13-12-18-29(28-30-19-20-31(28)3)26-16-10-8-14-24(26)25-15-9-11-17-27(25)29/h8-11,14-17,19-20H,4-7,12-13,18,21-23H2,1-3H3. The van der Waals surface area contributed by atoms with Crippen LogP contribution in [0.3, 0.4) is 0 Å². The summed E-state index contributed by atoms with van der Waals surface area (Å²) in [5.41, 5.74) is 4.83. The Hall–Kier alpha value is -2.20. The van der Waals surface area contributed by atoms with E-state index in [1.54, 1.807) is 0 Å². The van der Waals surface area contributed by atoms with Crippen LogP contribution in [-0.4, -0.2) is 28.9 Å². The molecule has 1 aliphatic carbocycles. The van der Waals surface area contributed by atoms with E-state index in [0.29, 0.717) is 19.4 Å². The fraction of sp³-hybridized carbons (Fsp3) is 0.483. The molecule has 0 radical (unpaired) electrons. The molecule has 1 aromatic heterocycles. The summed E-state index contributed by atoms with van der Waals surface area (Å²) in [7, 11) is -1.01. The van der Waals surface area contributed by atoms with E-state index in [1.165, 1.54) is 22.3 Å². The van der Waals surface area contributed by atoms with Crippen molar-refractivity contribution in [3.8, 4) is 11.1 Å². The van der Waals surface area contributed by atoms with Gasteiger partial charge < -0.3 is 13.6 Å². The summed E-state index contributed by atoms with van der Waals surface area (Å²) in [4.78, 5) is 4.85. The van der Waals surface area contributed by atoms with Gasteiger partial charge in [-0.1, -0.05) is 81.6 Å². The van der Waals surface area contributed by atoms with Crippen molar-refractivity contribution in [3.63, 3.8) is 0 Å². The number of aromatic nitrogens is 2. The highest BCUT2D eigenvalue weighted by atomic mass is 31.2. The fourth-order valence-corrected chi connectivity index (χ4v) is 7.04. The minimum absolute atomic E-state index is 0.332. The van der Waals surface area contributed by atoms with Crippen molar-refractivity contribution in [1.82, 2.24) is 9.55 Å². The van der Waals surface area contributed by atoms with Gasteiger partial charge in [0.25, 0.3) is 0 Å². The summed E-state index contributed by atoms with van der Waals surface area (Å²) in [6.45, 7) is 5.22. The van der Waals surface area contributed by atoms with Gasteiger partial charge in [-0.2, -0.15) is 0 Å². The van der Waals surface area contributed by atoms with Crippen molar-refractivity contribution in [3.05, 3.63) is 77.9 Å². The number of fused-ring (bicyclic) bond motifs is 3. The normalized spacial score (nSPS) is 14.1. The zero-order valence-electron chi connectivity index (χ0n) is 21.4. The minimum atomic E-state index is -3.08. The molecule has 0 aliphatic heterocycles. The number of unbranched alkanes of at least 4 members (excludes halogenated alkanes) is 3. The molecule has 0 atom stereocenters. The van der Waals surface area contributed by atoms with E-state index in [9.17, 15) is 4.57 Å². The van der Waals surface area contributed by atoms with Crippen LogP contribution in [0.2, 0.25) is 0 Å². The number of benzene rings is 2. The Balaban J connectivity index is 1.58. The summed E-state index contributed by atoms with van der Waals surface area (Å²) < 4.78 is 27.3. The summed E-state index contributed by atoms with van der Waals surface area (Å²) in [6, 6.07) is 17.4. The van der Waals surface area contributed by atoms with Crippen LogP contribution < -0.4 is 0 Å². The van der Waals surface area contributed by atoms with Crippen molar-refractivity contribution < 1.29 is 13.6 Å². The maximum Gasteiger partial charge on any atom is 0.330 e. The summed E-state index contributed by atoms with van der Waals surface area (Å²) in [6.07, 6.45) is 10.8. The first kappa shape index (κ1) is 25.9. The third-order valence-electron chi connectivity index (χ3n) is 7.07. The van der Waals surface area contributed by atoms with Crippen molar-refractivity contribution in [2.24, 2.45) is 7.05 Å². The van der Waals surface area contributed by atoms with Gasteiger partial charge in [0, 0.05) is 19.4 Å². The maximum atomic E-state index is 13.5. The average molecular weight is 495 g/mol. The van der Waals surface area contributed by atoms with Gasteiger partial charge in [-0.25, -0.2) is 4.98 Å². The third-order valence-corrected chi connectivity index (χ3v) is 9.09. The molecule has 5 nitrogen and oxygen atoms in total. The Bertz CT molecular complexity index is 1100. The molecule has 35 heavy (non-hydrogen) atoms. The van der Waals surface area contributed by atoms with Gasteiger partial charge in [-0.3, -0.25) is 4.57 Å². The van der Waals surface area contributed by atoms with Crippen LogP contribution in [0.4, 0.5) is 0 Å².